The molecular formula is C18H17FN2. The van der Waals surface area contributed by atoms with Gasteiger partial charge in [-0.15, -0.1) is 0 Å². The molecule has 1 atom stereocenters. The third-order valence-electron chi connectivity index (χ3n) is 4.32. The largest absolute Gasteiger partial charge is 0.357 e. The summed E-state index contributed by atoms with van der Waals surface area (Å²) >= 11 is 0. The van der Waals surface area contributed by atoms with Gasteiger partial charge < -0.3 is 10.3 Å². The molecule has 21 heavy (non-hydrogen) atoms. The van der Waals surface area contributed by atoms with Crippen LogP contribution in [0.3, 0.4) is 0 Å². The summed E-state index contributed by atoms with van der Waals surface area (Å²) in [6, 6.07) is 13.7. The number of rotatable bonds is 1. The zero-order valence-corrected chi connectivity index (χ0v) is 11.9. The maximum atomic E-state index is 13.5. The van der Waals surface area contributed by atoms with E-state index in [1.54, 1.807) is 6.07 Å². The predicted molar refractivity (Wildman–Crippen MR) is 83.0 cm³/mol. The van der Waals surface area contributed by atoms with Crippen LogP contribution in [0.15, 0.2) is 42.5 Å². The van der Waals surface area contributed by atoms with Crippen molar-refractivity contribution < 1.29 is 4.39 Å². The summed E-state index contributed by atoms with van der Waals surface area (Å²) in [6.45, 7) is 3.00. The first-order chi connectivity index (χ1) is 10.2. The fraction of sp³-hybridized carbons (Fsp3) is 0.222. The molecule has 3 aromatic rings. The smallest absolute Gasteiger partial charge is 0.123 e. The predicted octanol–water partition coefficient (Wildman–Crippen LogP) is 3.85. The second-order valence-electron chi connectivity index (χ2n) is 5.75. The standard InChI is InChI=1S/C18H17FN2/c1-11-2-4-12(5-3-11)17-18-14(8-9-20-17)15-10-13(19)6-7-16(15)21-18/h2-7,10,17,20-21H,8-9H2,1H3. The number of halogens is 1. The molecule has 0 bridgehead atoms. The fourth-order valence-electron chi connectivity index (χ4n) is 3.24. The minimum atomic E-state index is -0.172. The zero-order valence-electron chi connectivity index (χ0n) is 11.9. The molecule has 0 saturated heterocycles. The molecule has 2 heterocycles. The van der Waals surface area contributed by atoms with Crippen molar-refractivity contribution in [2.75, 3.05) is 6.54 Å². The molecule has 0 saturated carbocycles. The Kier molecular flexibility index (Phi) is 2.82. The number of fused-ring (bicyclic) bond motifs is 3. The van der Waals surface area contributed by atoms with Gasteiger partial charge in [-0.05, 0) is 42.7 Å². The van der Waals surface area contributed by atoms with Gasteiger partial charge in [0.2, 0.25) is 0 Å². The molecule has 1 aromatic heterocycles. The van der Waals surface area contributed by atoms with Crippen LogP contribution in [0.1, 0.15) is 28.4 Å². The minimum absolute atomic E-state index is 0.157. The van der Waals surface area contributed by atoms with E-state index in [0.717, 1.165) is 23.9 Å². The topological polar surface area (TPSA) is 27.8 Å². The van der Waals surface area contributed by atoms with Crippen LogP contribution in [0.5, 0.6) is 0 Å². The van der Waals surface area contributed by atoms with Crippen LogP contribution in [-0.4, -0.2) is 11.5 Å². The van der Waals surface area contributed by atoms with Crippen LogP contribution >= 0.6 is 0 Å². The van der Waals surface area contributed by atoms with E-state index in [1.165, 1.54) is 28.5 Å². The lowest BCUT2D eigenvalue weighted by Gasteiger charge is -2.25. The fourth-order valence-corrected chi connectivity index (χ4v) is 3.24. The van der Waals surface area contributed by atoms with Crippen molar-refractivity contribution in [3.8, 4) is 0 Å². The number of hydrogen-bond acceptors (Lipinski definition) is 1. The van der Waals surface area contributed by atoms with Crippen LogP contribution < -0.4 is 5.32 Å². The molecule has 0 spiro atoms. The van der Waals surface area contributed by atoms with Crippen molar-refractivity contribution in [1.82, 2.24) is 10.3 Å². The number of aromatic nitrogens is 1. The van der Waals surface area contributed by atoms with Crippen molar-refractivity contribution in [2.45, 2.75) is 19.4 Å². The lowest BCUT2D eigenvalue weighted by atomic mass is 9.94. The maximum absolute atomic E-state index is 13.5. The number of benzene rings is 2. The molecule has 0 amide bonds. The Hall–Kier alpha value is -2.13. The molecule has 0 radical (unpaired) electrons. The van der Waals surface area contributed by atoms with Crippen LogP contribution in [-0.2, 0) is 6.42 Å². The highest BCUT2D eigenvalue weighted by Gasteiger charge is 2.25. The second kappa shape index (κ2) is 4.71. The summed E-state index contributed by atoms with van der Waals surface area (Å²) in [5.41, 5.74) is 5.93. The van der Waals surface area contributed by atoms with Crippen molar-refractivity contribution >= 4 is 10.9 Å². The third-order valence-corrected chi connectivity index (χ3v) is 4.32. The van der Waals surface area contributed by atoms with Crippen molar-refractivity contribution in [2.24, 2.45) is 0 Å². The quantitative estimate of drug-likeness (QED) is 0.696. The van der Waals surface area contributed by atoms with Gasteiger partial charge in [-0.1, -0.05) is 29.8 Å². The normalized spacial score (nSPS) is 17.9. The van der Waals surface area contributed by atoms with E-state index in [-0.39, 0.29) is 11.9 Å². The van der Waals surface area contributed by atoms with Gasteiger partial charge in [0, 0.05) is 23.1 Å². The first kappa shape index (κ1) is 12.6. The lowest BCUT2D eigenvalue weighted by molar-refractivity contribution is 0.560. The van der Waals surface area contributed by atoms with E-state index in [9.17, 15) is 4.39 Å². The van der Waals surface area contributed by atoms with Gasteiger partial charge in [0.25, 0.3) is 0 Å². The summed E-state index contributed by atoms with van der Waals surface area (Å²) < 4.78 is 13.5. The Morgan fingerprint density at radius 1 is 1.10 bits per heavy atom. The number of aryl methyl sites for hydroxylation is 1. The van der Waals surface area contributed by atoms with Crippen LogP contribution in [0, 0.1) is 12.7 Å². The Balaban J connectivity index is 1.88. The molecule has 1 aliphatic rings. The van der Waals surface area contributed by atoms with E-state index in [0.29, 0.717) is 0 Å². The SMILES string of the molecule is Cc1ccc(C2NCCc3c2[nH]c2ccc(F)cc32)cc1. The van der Waals surface area contributed by atoms with Crippen LogP contribution in [0.25, 0.3) is 10.9 Å². The van der Waals surface area contributed by atoms with Crippen LogP contribution in [0.4, 0.5) is 4.39 Å². The molecule has 2 N–H and O–H groups in total. The Bertz CT molecular complexity index is 802. The average molecular weight is 280 g/mol. The summed E-state index contributed by atoms with van der Waals surface area (Å²) in [6.07, 6.45) is 0.932. The summed E-state index contributed by atoms with van der Waals surface area (Å²) in [4.78, 5) is 3.48. The maximum Gasteiger partial charge on any atom is 0.123 e. The zero-order chi connectivity index (χ0) is 14.4. The molecule has 1 unspecified atom stereocenters. The number of H-pyrrole nitrogens is 1. The molecule has 2 aromatic carbocycles. The van der Waals surface area contributed by atoms with Crippen molar-refractivity contribution in [3.05, 3.63) is 70.7 Å². The molecular weight excluding hydrogens is 263 g/mol. The summed E-state index contributed by atoms with van der Waals surface area (Å²) in [5, 5.41) is 4.58. The molecule has 1 aliphatic heterocycles. The van der Waals surface area contributed by atoms with E-state index >= 15 is 0 Å². The third kappa shape index (κ3) is 2.05. The highest BCUT2D eigenvalue weighted by molar-refractivity contribution is 5.85. The van der Waals surface area contributed by atoms with Crippen molar-refractivity contribution in [1.29, 1.82) is 0 Å². The molecule has 0 fully saturated rings. The Morgan fingerprint density at radius 3 is 2.71 bits per heavy atom. The van der Waals surface area contributed by atoms with E-state index < -0.39 is 0 Å². The van der Waals surface area contributed by atoms with E-state index in [1.807, 2.05) is 6.07 Å². The Labute approximate surface area is 123 Å². The van der Waals surface area contributed by atoms with Gasteiger partial charge in [-0.25, -0.2) is 4.39 Å². The minimum Gasteiger partial charge on any atom is -0.357 e. The molecule has 2 nitrogen and oxygen atoms in total. The molecule has 3 heteroatoms. The van der Waals surface area contributed by atoms with Gasteiger partial charge in [0.15, 0.2) is 0 Å². The molecule has 0 aliphatic carbocycles. The highest BCUT2D eigenvalue weighted by atomic mass is 19.1. The Morgan fingerprint density at radius 2 is 1.90 bits per heavy atom. The first-order valence-corrected chi connectivity index (χ1v) is 7.32. The number of nitrogens with one attached hydrogen (secondary N) is 2. The van der Waals surface area contributed by atoms with Crippen molar-refractivity contribution in [3.63, 3.8) is 0 Å². The van der Waals surface area contributed by atoms with E-state index in [2.05, 4.69) is 41.5 Å². The second-order valence-corrected chi connectivity index (χ2v) is 5.75. The lowest BCUT2D eigenvalue weighted by Crippen LogP contribution is -2.30. The van der Waals surface area contributed by atoms with Crippen LogP contribution in [0.2, 0.25) is 0 Å². The van der Waals surface area contributed by atoms with Gasteiger partial charge in [-0.2, -0.15) is 0 Å². The summed E-state index contributed by atoms with van der Waals surface area (Å²) in [7, 11) is 0. The van der Waals surface area contributed by atoms with Gasteiger partial charge in [0.05, 0.1) is 6.04 Å². The average Bonchev–Trinajstić information content (AvgIpc) is 2.86. The number of aromatic amines is 1. The number of hydrogen-bond donors (Lipinski definition) is 2. The van der Waals surface area contributed by atoms with Gasteiger partial charge in [0.1, 0.15) is 5.82 Å². The molecule has 4 rings (SSSR count). The van der Waals surface area contributed by atoms with Gasteiger partial charge in [-0.3, -0.25) is 0 Å². The van der Waals surface area contributed by atoms with E-state index in [4.69, 9.17) is 0 Å². The highest BCUT2D eigenvalue weighted by Crippen LogP contribution is 2.33. The first-order valence-electron chi connectivity index (χ1n) is 7.32. The monoisotopic (exact) mass is 280 g/mol. The molecule has 106 valence electrons. The summed E-state index contributed by atoms with van der Waals surface area (Å²) in [5.74, 6) is -0.172. The van der Waals surface area contributed by atoms with Gasteiger partial charge >= 0.3 is 0 Å².